The first-order valence-corrected chi connectivity index (χ1v) is 7.89. The minimum Gasteiger partial charge on any atom is -0.305 e. The number of likely N-dealkylation sites (N-methyl/N-ethyl adjacent to an activating group) is 1. The molecule has 2 rings (SSSR count). The molecule has 3 nitrogen and oxygen atoms in total. The van der Waals surface area contributed by atoms with Crippen molar-refractivity contribution >= 4 is 21.7 Å². The van der Waals surface area contributed by atoms with Crippen molar-refractivity contribution < 1.29 is 4.79 Å². The molecule has 0 N–H and O–H groups in total. The molecule has 0 amide bonds. The monoisotopic (exact) mass is 338 g/mol. The van der Waals surface area contributed by atoms with Crippen LogP contribution in [0, 0.1) is 5.92 Å². The number of carbonyl (C=O) groups excluding carboxylic acids is 1. The number of hydrogen-bond donors (Lipinski definition) is 0. The Morgan fingerprint density at radius 3 is 2.40 bits per heavy atom. The third-order valence-corrected chi connectivity index (χ3v) is 4.85. The van der Waals surface area contributed by atoms with Crippen LogP contribution in [0.15, 0.2) is 28.7 Å². The topological polar surface area (TPSA) is 23.6 Å². The predicted molar refractivity (Wildman–Crippen MR) is 86.1 cm³/mol. The molecule has 4 heteroatoms. The maximum absolute atomic E-state index is 12.6. The van der Waals surface area contributed by atoms with Gasteiger partial charge in [0.2, 0.25) is 0 Å². The van der Waals surface area contributed by atoms with Crippen molar-refractivity contribution in [1.82, 2.24) is 9.80 Å². The van der Waals surface area contributed by atoms with Gasteiger partial charge in [-0.25, -0.2) is 0 Å². The van der Waals surface area contributed by atoms with Gasteiger partial charge in [0.25, 0.3) is 0 Å². The van der Waals surface area contributed by atoms with Crippen LogP contribution in [0.2, 0.25) is 0 Å². The van der Waals surface area contributed by atoms with Crippen LogP contribution in [-0.2, 0) is 0 Å². The lowest BCUT2D eigenvalue weighted by Gasteiger charge is -2.25. The zero-order chi connectivity index (χ0) is 14.9. The molecule has 0 radical (unpaired) electrons. The van der Waals surface area contributed by atoms with E-state index in [9.17, 15) is 4.79 Å². The first kappa shape index (κ1) is 15.7. The van der Waals surface area contributed by atoms with Crippen LogP contribution in [0.4, 0.5) is 0 Å². The van der Waals surface area contributed by atoms with Gasteiger partial charge in [-0.1, -0.05) is 35.0 Å². The summed E-state index contributed by atoms with van der Waals surface area (Å²) in [4.78, 5) is 17.1. The second-order valence-electron chi connectivity index (χ2n) is 6.01. The van der Waals surface area contributed by atoms with Crippen LogP contribution in [0.3, 0.4) is 0 Å². The van der Waals surface area contributed by atoms with Gasteiger partial charge >= 0.3 is 0 Å². The Labute approximate surface area is 130 Å². The zero-order valence-corrected chi connectivity index (χ0v) is 14.2. The molecule has 1 aliphatic rings. The number of Topliss-reactive ketones (excluding diaryl/α,β-unsaturated/α-hetero) is 1. The Morgan fingerprint density at radius 2 is 1.90 bits per heavy atom. The highest BCUT2D eigenvalue weighted by Crippen LogP contribution is 2.23. The van der Waals surface area contributed by atoms with E-state index in [-0.39, 0.29) is 11.8 Å². The van der Waals surface area contributed by atoms with Gasteiger partial charge in [0.15, 0.2) is 5.78 Å². The number of hydrogen-bond acceptors (Lipinski definition) is 3. The summed E-state index contributed by atoms with van der Waals surface area (Å²) in [6.45, 7) is 6.25. The Hall–Kier alpha value is -0.710. The smallest absolute Gasteiger partial charge is 0.179 e. The second-order valence-corrected chi connectivity index (χ2v) is 6.92. The van der Waals surface area contributed by atoms with E-state index >= 15 is 0 Å². The standard InChI is InChI=1S/C16H23BrN2O/c1-11-9-19(10-15(11)18(3)4)12(2)16(20)13-5-7-14(17)8-6-13/h5-8,11-12,15H,9-10H2,1-4H3. The third-order valence-electron chi connectivity index (χ3n) is 4.32. The minimum absolute atomic E-state index is 0.0522. The van der Waals surface area contributed by atoms with Gasteiger partial charge in [-0.05, 0) is 39.1 Å². The minimum atomic E-state index is -0.0522. The molecule has 0 aromatic heterocycles. The van der Waals surface area contributed by atoms with E-state index in [1.54, 1.807) is 0 Å². The molecule has 0 bridgehead atoms. The van der Waals surface area contributed by atoms with Gasteiger partial charge in [0.1, 0.15) is 0 Å². The highest BCUT2D eigenvalue weighted by Gasteiger charge is 2.35. The lowest BCUT2D eigenvalue weighted by atomic mass is 10.0. The second kappa shape index (κ2) is 6.37. The fourth-order valence-corrected chi connectivity index (χ4v) is 3.26. The molecule has 1 aliphatic heterocycles. The van der Waals surface area contributed by atoms with Crippen LogP contribution >= 0.6 is 15.9 Å². The Bertz CT molecular complexity index is 472. The number of likely N-dealkylation sites (tertiary alicyclic amines) is 1. The molecule has 1 saturated heterocycles. The van der Waals surface area contributed by atoms with Crippen molar-refractivity contribution in [2.45, 2.75) is 25.9 Å². The van der Waals surface area contributed by atoms with Crippen LogP contribution in [-0.4, -0.2) is 54.9 Å². The average molecular weight is 339 g/mol. The summed E-state index contributed by atoms with van der Waals surface area (Å²) < 4.78 is 1.00. The molecule has 1 fully saturated rings. The lowest BCUT2D eigenvalue weighted by Crippen LogP contribution is -2.40. The van der Waals surface area contributed by atoms with E-state index < -0.39 is 0 Å². The molecule has 3 unspecified atom stereocenters. The summed E-state index contributed by atoms with van der Waals surface area (Å²) in [5.74, 6) is 0.814. The lowest BCUT2D eigenvalue weighted by molar-refractivity contribution is 0.0858. The van der Waals surface area contributed by atoms with Gasteiger partial charge in [-0.3, -0.25) is 9.69 Å². The van der Waals surface area contributed by atoms with Gasteiger partial charge in [0, 0.05) is 29.2 Å². The SMILES string of the molecule is CC1CN(C(C)C(=O)c2ccc(Br)cc2)CC1N(C)C. The Balaban J connectivity index is 2.06. The summed E-state index contributed by atoms with van der Waals surface area (Å²) in [5.41, 5.74) is 0.793. The van der Waals surface area contributed by atoms with Gasteiger partial charge < -0.3 is 4.90 Å². The molecule has 1 heterocycles. The molecule has 110 valence electrons. The predicted octanol–water partition coefficient (Wildman–Crippen LogP) is 2.90. The number of nitrogens with zero attached hydrogens (tertiary/aromatic N) is 2. The maximum atomic E-state index is 12.6. The van der Waals surface area contributed by atoms with Crippen molar-refractivity contribution in [1.29, 1.82) is 0 Å². The fourth-order valence-electron chi connectivity index (χ4n) is 3.00. The summed E-state index contributed by atoms with van der Waals surface area (Å²) in [5, 5.41) is 0. The van der Waals surface area contributed by atoms with E-state index in [0.29, 0.717) is 12.0 Å². The van der Waals surface area contributed by atoms with E-state index in [2.05, 4.69) is 46.7 Å². The average Bonchev–Trinajstić information content (AvgIpc) is 2.80. The number of rotatable bonds is 4. The number of halogens is 1. The molecule has 0 aliphatic carbocycles. The first-order valence-electron chi connectivity index (χ1n) is 7.10. The molecule has 1 aromatic rings. The highest BCUT2D eigenvalue weighted by molar-refractivity contribution is 9.10. The molecule has 0 saturated carbocycles. The molecule has 0 spiro atoms. The van der Waals surface area contributed by atoms with E-state index in [1.807, 2.05) is 31.2 Å². The molecular formula is C16H23BrN2O. The Kier molecular flexibility index (Phi) is 4.99. The maximum Gasteiger partial charge on any atom is 0.179 e. The summed E-state index contributed by atoms with van der Waals surface area (Å²) in [7, 11) is 4.23. The number of benzene rings is 1. The van der Waals surface area contributed by atoms with Crippen molar-refractivity contribution in [3.63, 3.8) is 0 Å². The summed E-state index contributed by atoms with van der Waals surface area (Å²) in [6, 6.07) is 8.13. The third kappa shape index (κ3) is 3.30. The van der Waals surface area contributed by atoms with Crippen LogP contribution in [0.25, 0.3) is 0 Å². The quantitative estimate of drug-likeness (QED) is 0.788. The highest BCUT2D eigenvalue weighted by atomic mass is 79.9. The van der Waals surface area contributed by atoms with Gasteiger partial charge in [-0.2, -0.15) is 0 Å². The van der Waals surface area contributed by atoms with Gasteiger partial charge in [-0.15, -0.1) is 0 Å². The van der Waals surface area contributed by atoms with Crippen molar-refractivity contribution in [3.05, 3.63) is 34.3 Å². The molecule has 3 atom stereocenters. The number of carbonyl (C=O) groups is 1. The van der Waals surface area contributed by atoms with E-state index in [4.69, 9.17) is 0 Å². The molecule has 20 heavy (non-hydrogen) atoms. The summed E-state index contributed by atoms with van der Waals surface area (Å²) in [6.07, 6.45) is 0. The van der Waals surface area contributed by atoms with E-state index in [1.165, 1.54) is 0 Å². The number of ketones is 1. The first-order chi connectivity index (χ1) is 9.40. The largest absolute Gasteiger partial charge is 0.305 e. The van der Waals surface area contributed by atoms with Crippen LogP contribution in [0.1, 0.15) is 24.2 Å². The Morgan fingerprint density at radius 1 is 1.30 bits per heavy atom. The normalized spacial score (nSPS) is 25.1. The molecular weight excluding hydrogens is 316 g/mol. The summed E-state index contributed by atoms with van der Waals surface area (Å²) >= 11 is 3.40. The van der Waals surface area contributed by atoms with Crippen molar-refractivity contribution in [2.75, 3.05) is 27.2 Å². The van der Waals surface area contributed by atoms with Crippen molar-refractivity contribution in [3.8, 4) is 0 Å². The van der Waals surface area contributed by atoms with Crippen molar-refractivity contribution in [2.24, 2.45) is 5.92 Å². The fraction of sp³-hybridized carbons (Fsp3) is 0.562. The van der Waals surface area contributed by atoms with Gasteiger partial charge in [0.05, 0.1) is 6.04 Å². The van der Waals surface area contributed by atoms with Crippen LogP contribution < -0.4 is 0 Å². The van der Waals surface area contributed by atoms with E-state index in [0.717, 1.165) is 23.1 Å². The van der Waals surface area contributed by atoms with Crippen LogP contribution in [0.5, 0.6) is 0 Å². The zero-order valence-electron chi connectivity index (χ0n) is 12.6. The molecule has 1 aromatic carbocycles.